The van der Waals surface area contributed by atoms with Gasteiger partial charge in [0, 0.05) is 17.9 Å². The Morgan fingerprint density at radius 2 is 2.00 bits per heavy atom. The van der Waals surface area contributed by atoms with Gasteiger partial charge in [-0.15, -0.1) is 16.8 Å². The summed E-state index contributed by atoms with van der Waals surface area (Å²) < 4.78 is 2.05. The van der Waals surface area contributed by atoms with E-state index in [1.165, 1.54) is 0 Å². The van der Waals surface area contributed by atoms with Crippen LogP contribution in [0.5, 0.6) is 0 Å². The number of aliphatic hydroxyl groups is 1. The summed E-state index contributed by atoms with van der Waals surface area (Å²) >= 11 is 1.61. The number of aromatic nitrogens is 3. The quantitative estimate of drug-likeness (QED) is 0.629. The molecule has 1 aromatic heterocycles. The van der Waals surface area contributed by atoms with E-state index in [0.29, 0.717) is 13.0 Å². The van der Waals surface area contributed by atoms with Gasteiger partial charge in [-0.2, -0.15) is 0 Å². The molecule has 0 saturated carbocycles. The van der Waals surface area contributed by atoms with Crippen molar-refractivity contribution in [3.05, 3.63) is 43.0 Å². The monoisotopic (exact) mass is 303 g/mol. The molecule has 0 bridgehead atoms. The first-order valence-electron chi connectivity index (χ1n) is 6.96. The highest BCUT2D eigenvalue weighted by molar-refractivity contribution is 7.99. The fourth-order valence-corrected chi connectivity index (χ4v) is 3.08. The molecule has 0 unspecified atom stereocenters. The maximum absolute atomic E-state index is 9.78. The maximum Gasteiger partial charge on any atom is 0.191 e. The third kappa shape index (κ3) is 4.44. The van der Waals surface area contributed by atoms with E-state index in [4.69, 9.17) is 0 Å². The van der Waals surface area contributed by atoms with E-state index in [-0.39, 0.29) is 0 Å². The third-order valence-electron chi connectivity index (χ3n) is 3.01. The SMILES string of the molecule is C=CCn1c(SCCC(C)(C)O)nnc1-c1ccccc1. The minimum absolute atomic E-state index is 0.654. The molecule has 1 aromatic carbocycles. The number of rotatable bonds is 7. The predicted octanol–water partition coefficient (Wildman–Crippen LogP) is 3.38. The fourth-order valence-electron chi connectivity index (χ4n) is 1.88. The Morgan fingerprint density at radius 3 is 2.62 bits per heavy atom. The summed E-state index contributed by atoms with van der Waals surface area (Å²) in [4.78, 5) is 0. The summed E-state index contributed by atoms with van der Waals surface area (Å²) in [6.07, 6.45) is 2.55. The van der Waals surface area contributed by atoms with E-state index >= 15 is 0 Å². The molecule has 0 radical (unpaired) electrons. The summed E-state index contributed by atoms with van der Waals surface area (Å²) in [6.45, 7) is 8.11. The van der Waals surface area contributed by atoms with Crippen molar-refractivity contribution >= 4 is 11.8 Å². The van der Waals surface area contributed by atoms with Crippen LogP contribution in [0.15, 0.2) is 48.1 Å². The molecular weight excluding hydrogens is 282 g/mol. The first-order valence-corrected chi connectivity index (χ1v) is 7.94. The number of nitrogens with zero attached hydrogens (tertiary/aromatic N) is 3. The zero-order chi connectivity index (χ0) is 15.3. The van der Waals surface area contributed by atoms with Crippen molar-refractivity contribution in [3.8, 4) is 11.4 Å². The summed E-state index contributed by atoms with van der Waals surface area (Å²) in [5.74, 6) is 1.65. The maximum atomic E-state index is 9.78. The molecule has 2 rings (SSSR count). The van der Waals surface area contributed by atoms with Gasteiger partial charge in [-0.3, -0.25) is 4.57 Å². The van der Waals surface area contributed by atoms with E-state index in [1.807, 2.05) is 50.3 Å². The lowest BCUT2D eigenvalue weighted by Gasteiger charge is -2.16. The van der Waals surface area contributed by atoms with Crippen molar-refractivity contribution in [2.24, 2.45) is 0 Å². The second kappa shape index (κ2) is 6.91. The third-order valence-corrected chi connectivity index (χ3v) is 3.97. The molecule has 0 aliphatic carbocycles. The van der Waals surface area contributed by atoms with Crippen molar-refractivity contribution in [2.45, 2.75) is 37.6 Å². The normalized spacial score (nSPS) is 11.6. The van der Waals surface area contributed by atoms with Gasteiger partial charge in [0.05, 0.1) is 5.60 Å². The molecular formula is C16H21N3OS. The molecule has 112 valence electrons. The van der Waals surface area contributed by atoms with Crippen molar-refractivity contribution in [1.82, 2.24) is 14.8 Å². The molecule has 0 aliphatic heterocycles. The van der Waals surface area contributed by atoms with Gasteiger partial charge >= 0.3 is 0 Å². The Hall–Kier alpha value is -1.59. The molecule has 0 fully saturated rings. The number of hydrogen-bond donors (Lipinski definition) is 1. The Kier molecular flexibility index (Phi) is 5.20. The average molecular weight is 303 g/mol. The lowest BCUT2D eigenvalue weighted by molar-refractivity contribution is 0.0777. The Balaban J connectivity index is 2.19. The lowest BCUT2D eigenvalue weighted by atomic mass is 10.1. The van der Waals surface area contributed by atoms with Crippen LogP contribution in [0.3, 0.4) is 0 Å². The summed E-state index contributed by atoms with van der Waals surface area (Å²) in [5, 5.41) is 19.2. The van der Waals surface area contributed by atoms with Crippen molar-refractivity contribution in [2.75, 3.05) is 5.75 Å². The van der Waals surface area contributed by atoms with Gasteiger partial charge in [-0.05, 0) is 20.3 Å². The van der Waals surface area contributed by atoms with Crippen molar-refractivity contribution in [1.29, 1.82) is 0 Å². The zero-order valence-electron chi connectivity index (χ0n) is 12.5. The minimum Gasteiger partial charge on any atom is -0.390 e. The molecule has 0 spiro atoms. The zero-order valence-corrected chi connectivity index (χ0v) is 13.3. The molecule has 1 heterocycles. The van der Waals surface area contributed by atoms with Gasteiger partial charge in [0.15, 0.2) is 11.0 Å². The fraction of sp³-hybridized carbons (Fsp3) is 0.375. The molecule has 0 amide bonds. The molecule has 1 N–H and O–H groups in total. The van der Waals surface area contributed by atoms with Gasteiger partial charge in [-0.1, -0.05) is 48.2 Å². The highest BCUT2D eigenvalue weighted by Crippen LogP contribution is 2.25. The van der Waals surface area contributed by atoms with E-state index in [1.54, 1.807) is 11.8 Å². The van der Waals surface area contributed by atoms with E-state index in [2.05, 4.69) is 21.3 Å². The first kappa shape index (κ1) is 15.8. The molecule has 2 aromatic rings. The molecule has 0 atom stereocenters. The number of benzene rings is 1. The minimum atomic E-state index is -0.654. The molecule has 5 heteroatoms. The van der Waals surface area contributed by atoms with Crippen LogP contribution < -0.4 is 0 Å². The van der Waals surface area contributed by atoms with Gasteiger partial charge in [-0.25, -0.2) is 0 Å². The second-order valence-electron chi connectivity index (χ2n) is 5.48. The summed E-state index contributed by atoms with van der Waals surface area (Å²) in [7, 11) is 0. The first-order chi connectivity index (χ1) is 10.0. The Bertz CT molecular complexity index is 587. The topological polar surface area (TPSA) is 50.9 Å². The largest absolute Gasteiger partial charge is 0.390 e. The van der Waals surface area contributed by atoms with Crippen LogP contribution in [0.2, 0.25) is 0 Å². The van der Waals surface area contributed by atoms with Gasteiger partial charge in [0.1, 0.15) is 0 Å². The summed E-state index contributed by atoms with van der Waals surface area (Å²) in [6, 6.07) is 10.0. The predicted molar refractivity (Wildman–Crippen MR) is 87.3 cm³/mol. The van der Waals surface area contributed by atoms with E-state index in [9.17, 15) is 5.11 Å². The van der Waals surface area contributed by atoms with Gasteiger partial charge in [0.2, 0.25) is 0 Å². The molecule has 0 saturated heterocycles. The van der Waals surface area contributed by atoms with Crippen LogP contribution in [0.4, 0.5) is 0 Å². The average Bonchev–Trinajstić information content (AvgIpc) is 2.82. The summed E-state index contributed by atoms with van der Waals surface area (Å²) in [5.41, 5.74) is 0.389. The van der Waals surface area contributed by atoms with E-state index in [0.717, 1.165) is 22.3 Å². The van der Waals surface area contributed by atoms with Crippen molar-refractivity contribution < 1.29 is 5.11 Å². The lowest BCUT2D eigenvalue weighted by Crippen LogP contribution is -2.19. The van der Waals surface area contributed by atoms with Crippen LogP contribution in [0.1, 0.15) is 20.3 Å². The van der Waals surface area contributed by atoms with Crippen LogP contribution in [0.25, 0.3) is 11.4 Å². The van der Waals surface area contributed by atoms with E-state index < -0.39 is 5.60 Å². The van der Waals surface area contributed by atoms with Crippen LogP contribution in [-0.2, 0) is 6.54 Å². The molecule has 0 aliphatic rings. The standard InChI is InChI=1S/C16H21N3OS/c1-4-11-19-14(13-8-6-5-7-9-13)17-18-15(19)21-12-10-16(2,3)20/h4-9,20H,1,10-12H2,2-3H3. The van der Waals surface area contributed by atoms with Crippen molar-refractivity contribution in [3.63, 3.8) is 0 Å². The Labute approximate surface area is 129 Å². The Morgan fingerprint density at radius 1 is 1.29 bits per heavy atom. The smallest absolute Gasteiger partial charge is 0.191 e. The van der Waals surface area contributed by atoms with Gasteiger partial charge in [0.25, 0.3) is 0 Å². The second-order valence-corrected chi connectivity index (χ2v) is 6.54. The number of hydrogen-bond acceptors (Lipinski definition) is 4. The highest BCUT2D eigenvalue weighted by Gasteiger charge is 2.16. The molecule has 4 nitrogen and oxygen atoms in total. The molecule has 21 heavy (non-hydrogen) atoms. The number of allylic oxidation sites excluding steroid dienone is 1. The highest BCUT2D eigenvalue weighted by atomic mass is 32.2. The van der Waals surface area contributed by atoms with Crippen LogP contribution in [0, 0.1) is 0 Å². The van der Waals surface area contributed by atoms with Crippen LogP contribution >= 0.6 is 11.8 Å². The number of thioether (sulfide) groups is 1. The van der Waals surface area contributed by atoms with Gasteiger partial charge < -0.3 is 5.11 Å². The van der Waals surface area contributed by atoms with Crippen LogP contribution in [-0.4, -0.2) is 31.2 Å².